The minimum Gasteiger partial charge on any atom is -0.394 e. The molecule has 0 spiro atoms. The van der Waals surface area contributed by atoms with Crippen molar-refractivity contribution in [2.24, 2.45) is 5.73 Å². The molecule has 2 unspecified atom stereocenters. The lowest BCUT2D eigenvalue weighted by Gasteiger charge is -2.12. The molecule has 0 bridgehead atoms. The summed E-state index contributed by atoms with van der Waals surface area (Å²) in [7, 11) is 0. The molecule has 1 aromatic rings. The second kappa shape index (κ2) is 4.53. The predicted octanol–water partition coefficient (Wildman–Crippen LogP) is -0.972. The quantitative estimate of drug-likeness (QED) is 0.657. The molecule has 0 aromatic carbocycles. The number of carbonyl (C=O) groups excluding carboxylic acids is 1. The van der Waals surface area contributed by atoms with Crippen molar-refractivity contribution in [1.82, 2.24) is 15.0 Å². The van der Waals surface area contributed by atoms with Gasteiger partial charge in [0.15, 0.2) is 11.9 Å². The lowest BCUT2D eigenvalue weighted by molar-refractivity contribution is -0.0293. The molecule has 90 valence electrons. The number of ether oxygens (including phenoxy) is 1. The highest BCUT2D eigenvalue weighted by Gasteiger charge is 2.30. The molecule has 7 nitrogen and oxygen atoms in total. The van der Waals surface area contributed by atoms with E-state index in [2.05, 4.69) is 16.2 Å². The van der Waals surface area contributed by atoms with E-state index >= 15 is 0 Å². The maximum Gasteiger partial charge on any atom is 0.272 e. The van der Waals surface area contributed by atoms with Crippen LogP contribution in [0.25, 0.3) is 0 Å². The fourth-order valence-electron chi connectivity index (χ4n) is 1.80. The maximum atomic E-state index is 11.1. The number of aliphatic hydroxyl groups is 1. The molecule has 2 rings (SSSR count). The normalized spacial score (nSPS) is 23.5. The number of nitrogens with zero attached hydrogens (tertiary/aromatic N) is 3. The van der Waals surface area contributed by atoms with Gasteiger partial charge >= 0.3 is 0 Å². The second-order valence-corrected chi connectivity index (χ2v) is 3.71. The van der Waals surface area contributed by atoms with E-state index in [4.69, 9.17) is 22.0 Å². The molecular formula is C10H12N4O3. The Hall–Kier alpha value is -1.91. The van der Waals surface area contributed by atoms with Gasteiger partial charge in [0.1, 0.15) is 5.69 Å². The van der Waals surface area contributed by atoms with Crippen LogP contribution in [0.2, 0.25) is 0 Å². The van der Waals surface area contributed by atoms with Crippen LogP contribution in [-0.2, 0) is 4.74 Å². The van der Waals surface area contributed by atoms with Gasteiger partial charge in [-0.2, -0.15) is 0 Å². The van der Waals surface area contributed by atoms with Crippen molar-refractivity contribution in [3.63, 3.8) is 0 Å². The van der Waals surface area contributed by atoms with Crippen molar-refractivity contribution < 1.29 is 14.6 Å². The first-order valence-corrected chi connectivity index (χ1v) is 5.15. The Bertz CT molecular complexity index is 476. The van der Waals surface area contributed by atoms with E-state index in [0.717, 1.165) is 0 Å². The van der Waals surface area contributed by atoms with Crippen LogP contribution in [0.1, 0.15) is 35.3 Å². The Balaban J connectivity index is 2.28. The largest absolute Gasteiger partial charge is 0.394 e. The topological polar surface area (TPSA) is 103 Å². The number of hydrogen-bond donors (Lipinski definition) is 2. The van der Waals surface area contributed by atoms with E-state index in [1.54, 1.807) is 0 Å². The first kappa shape index (κ1) is 11.6. The highest BCUT2D eigenvalue weighted by atomic mass is 16.5. The molecule has 1 aromatic heterocycles. The number of aliphatic hydroxyl groups excluding tert-OH is 1. The maximum absolute atomic E-state index is 11.1. The summed E-state index contributed by atoms with van der Waals surface area (Å²) < 4.78 is 6.85. The van der Waals surface area contributed by atoms with Crippen molar-refractivity contribution in [3.8, 4) is 12.3 Å². The first-order chi connectivity index (χ1) is 8.17. The number of terminal acetylenes is 1. The molecule has 1 fully saturated rings. The van der Waals surface area contributed by atoms with Crippen molar-refractivity contribution >= 4 is 5.91 Å². The monoisotopic (exact) mass is 236 g/mol. The molecule has 0 saturated carbocycles. The number of hydrogen-bond acceptors (Lipinski definition) is 5. The van der Waals surface area contributed by atoms with Crippen LogP contribution in [0.4, 0.5) is 0 Å². The van der Waals surface area contributed by atoms with Gasteiger partial charge in [0, 0.05) is 0 Å². The summed E-state index contributed by atoms with van der Waals surface area (Å²) in [5.74, 6) is 1.61. The minimum absolute atomic E-state index is 0.0384. The lowest BCUT2D eigenvalue weighted by Crippen LogP contribution is -2.18. The highest BCUT2D eigenvalue weighted by Crippen LogP contribution is 2.28. The summed E-state index contributed by atoms with van der Waals surface area (Å²) in [6.07, 6.45) is 6.03. The van der Waals surface area contributed by atoms with E-state index in [9.17, 15) is 4.79 Å². The zero-order chi connectivity index (χ0) is 12.4. The zero-order valence-electron chi connectivity index (χ0n) is 9.04. The van der Waals surface area contributed by atoms with Gasteiger partial charge in [0.2, 0.25) is 0 Å². The molecule has 1 amide bonds. The van der Waals surface area contributed by atoms with Gasteiger partial charge in [-0.05, 0) is 18.8 Å². The van der Waals surface area contributed by atoms with Gasteiger partial charge in [-0.3, -0.25) is 4.79 Å². The molecule has 2 heterocycles. The van der Waals surface area contributed by atoms with Crippen LogP contribution >= 0.6 is 0 Å². The molecule has 1 aliphatic rings. The van der Waals surface area contributed by atoms with Gasteiger partial charge < -0.3 is 15.6 Å². The molecule has 7 heteroatoms. The molecule has 0 radical (unpaired) electrons. The van der Waals surface area contributed by atoms with Gasteiger partial charge in [-0.15, -0.1) is 11.5 Å². The third-order valence-electron chi connectivity index (χ3n) is 2.63. The smallest absolute Gasteiger partial charge is 0.272 e. The molecule has 2 atom stereocenters. The average molecular weight is 236 g/mol. The SMILES string of the molecule is C#Cc1c(C(N)=O)nnn1C1CCC(CO)O1. The van der Waals surface area contributed by atoms with E-state index in [1.165, 1.54) is 4.68 Å². The van der Waals surface area contributed by atoms with Crippen LogP contribution in [0.15, 0.2) is 0 Å². The Kier molecular flexibility index (Phi) is 3.08. The molecule has 3 N–H and O–H groups in total. The van der Waals surface area contributed by atoms with Crippen molar-refractivity contribution in [3.05, 3.63) is 11.4 Å². The minimum atomic E-state index is -0.721. The van der Waals surface area contributed by atoms with E-state index in [0.29, 0.717) is 12.8 Å². The van der Waals surface area contributed by atoms with E-state index in [1.807, 2.05) is 0 Å². The van der Waals surface area contributed by atoms with Crippen LogP contribution in [0, 0.1) is 12.3 Å². The van der Waals surface area contributed by atoms with Crippen molar-refractivity contribution in [2.45, 2.75) is 25.2 Å². The highest BCUT2D eigenvalue weighted by molar-refractivity contribution is 5.92. The number of amides is 1. The fourth-order valence-corrected chi connectivity index (χ4v) is 1.80. The summed E-state index contributed by atoms with van der Waals surface area (Å²) in [4.78, 5) is 11.1. The van der Waals surface area contributed by atoms with Crippen LogP contribution in [0.5, 0.6) is 0 Å². The average Bonchev–Trinajstić information content (AvgIpc) is 2.94. The Labute approximate surface area is 97.5 Å². The lowest BCUT2D eigenvalue weighted by atomic mass is 10.2. The zero-order valence-corrected chi connectivity index (χ0v) is 9.04. The summed E-state index contributed by atoms with van der Waals surface area (Å²) >= 11 is 0. The van der Waals surface area contributed by atoms with Gasteiger partial charge in [-0.25, -0.2) is 4.68 Å². The summed E-state index contributed by atoms with van der Waals surface area (Å²) in [5.41, 5.74) is 5.30. The first-order valence-electron chi connectivity index (χ1n) is 5.15. The molecule has 1 saturated heterocycles. The van der Waals surface area contributed by atoms with Crippen LogP contribution < -0.4 is 5.73 Å². The number of nitrogens with two attached hydrogens (primary N) is 1. The Morgan fingerprint density at radius 2 is 2.47 bits per heavy atom. The predicted molar refractivity (Wildman–Crippen MR) is 56.7 cm³/mol. The Morgan fingerprint density at radius 3 is 3.00 bits per heavy atom. The van der Waals surface area contributed by atoms with Crippen LogP contribution in [0.3, 0.4) is 0 Å². The second-order valence-electron chi connectivity index (χ2n) is 3.71. The number of rotatable bonds is 3. The van der Waals surface area contributed by atoms with Gasteiger partial charge in [-0.1, -0.05) is 5.21 Å². The van der Waals surface area contributed by atoms with Crippen molar-refractivity contribution in [2.75, 3.05) is 6.61 Å². The van der Waals surface area contributed by atoms with Crippen molar-refractivity contribution in [1.29, 1.82) is 0 Å². The molecule has 1 aliphatic heterocycles. The van der Waals surface area contributed by atoms with Gasteiger partial charge in [0.05, 0.1) is 12.7 Å². The standard InChI is InChI=1S/C10H12N4O3/c1-2-7-9(10(11)16)12-13-14(7)8-4-3-6(5-15)17-8/h1,6,8,15H,3-5H2,(H2,11,16). The van der Waals surface area contributed by atoms with E-state index in [-0.39, 0.29) is 24.1 Å². The number of carbonyl (C=O) groups is 1. The fraction of sp³-hybridized carbons (Fsp3) is 0.500. The third-order valence-corrected chi connectivity index (χ3v) is 2.63. The number of aromatic nitrogens is 3. The molecular weight excluding hydrogens is 224 g/mol. The van der Waals surface area contributed by atoms with E-state index < -0.39 is 12.1 Å². The molecule has 0 aliphatic carbocycles. The summed E-state index contributed by atoms with van der Waals surface area (Å²) in [6.45, 7) is -0.0563. The summed E-state index contributed by atoms with van der Waals surface area (Å²) in [6, 6.07) is 0. The Morgan fingerprint density at radius 1 is 1.71 bits per heavy atom. The van der Waals surface area contributed by atoms with Gasteiger partial charge in [0.25, 0.3) is 5.91 Å². The number of primary amides is 1. The summed E-state index contributed by atoms with van der Waals surface area (Å²) in [5, 5.41) is 16.4. The third kappa shape index (κ3) is 2.00. The molecule has 17 heavy (non-hydrogen) atoms. The van der Waals surface area contributed by atoms with Crippen LogP contribution in [-0.4, -0.2) is 38.7 Å².